The van der Waals surface area contributed by atoms with Crippen molar-refractivity contribution < 1.29 is 18.7 Å². The number of fused-ring (bicyclic) bond motifs is 1. The lowest BCUT2D eigenvalue weighted by atomic mass is 10.1. The van der Waals surface area contributed by atoms with Crippen molar-refractivity contribution in [3.63, 3.8) is 0 Å². The summed E-state index contributed by atoms with van der Waals surface area (Å²) < 4.78 is 24.6. The van der Waals surface area contributed by atoms with Gasteiger partial charge in [-0.2, -0.15) is 0 Å². The number of nitrogens with one attached hydrogen (secondary N) is 1. The van der Waals surface area contributed by atoms with Crippen molar-refractivity contribution in [2.45, 2.75) is 6.92 Å². The van der Waals surface area contributed by atoms with Gasteiger partial charge in [0.05, 0.1) is 5.69 Å². The van der Waals surface area contributed by atoms with Crippen LogP contribution >= 0.6 is 0 Å². The summed E-state index contributed by atoms with van der Waals surface area (Å²) in [7, 11) is 0. The molecular weight excluding hydrogens is 297 g/mol. The largest absolute Gasteiger partial charge is 0.486 e. The summed E-state index contributed by atoms with van der Waals surface area (Å²) >= 11 is 0. The van der Waals surface area contributed by atoms with Crippen molar-refractivity contribution >= 4 is 17.7 Å². The van der Waals surface area contributed by atoms with Gasteiger partial charge in [-0.3, -0.25) is 4.79 Å². The Kier molecular flexibility index (Phi) is 4.28. The highest BCUT2D eigenvalue weighted by Gasteiger charge is 2.11. The number of rotatable bonds is 3. The molecule has 1 heterocycles. The first-order chi connectivity index (χ1) is 11.1. The Balaban J connectivity index is 1.68. The standard InChI is InChI=1S/C18H16FNO3/c1-12-2-5-15(14(19)10-12)20-18(21)7-4-13-3-6-16-17(11-13)23-9-8-22-16/h2-7,10-11H,8-9H2,1H3,(H,20,21). The fourth-order valence-corrected chi connectivity index (χ4v) is 2.23. The van der Waals surface area contributed by atoms with Gasteiger partial charge in [0.2, 0.25) is 5.91 Å². The Bertz CT molecular complexity index is 771. The van der Waals surface area contributed by atoms with E-state index in [2.05, 4.69) is 5.32 Å². The molecule has 0 aromatic heterocycles. The molecule has 5 heteroatoms. The molecule has 0 atom stereocenters. The van der Waals surface area contributed by atoms with Crippen LogP contribution in [0.15, 0.2) is 42.5 Å². The Morgan fingerprint density at radius 1 is 1.13 bits per heavy atom. The van der Waals surface area contributed by atoms with Gasteiger partial charge in [0.25, 0.3) is 0 Å². The Hall–Kier alpha value is -2.82. The fourth-order valence-electron chi connectivity index (χ4n) is 2.23. The third kappa shape index (κ3) is 3.69. The third-order valence-electron chi connectivity index (χ3n) is 3.38. The van der Waals surface area contributed by atoms with Gasteiger partial charge in [0.1, 0.15) is 19.0 Å². The maximum Gasteiger partial charge on any atom is 0.248 e. The van der Waals surface area contributed by atoms with E-state index >= 15 is 0 Å². The monoisotopic (exact) mass is 313 g/mol. The number of benzene rings is 2. The van der Waals surface area contributed by atoms with E-state index in [0.717, 1.165) is 11.1 Å². The van der Waals surface area contributed by atoms with E-state index in [1.54, 1.807) is 37.3 Å². The maximum absolute atomic E-state index is 13.7. The molecule has 2 aromatic rings. The molecule has 0 radical (unpaired) electrons. The van der Waals surface area contributed by atoms with Crippen LogP contribution in [0.5, 0.6) is 11.5 Å². The van der Waals surface area contributed by atoms with Gasteiger partial charge >= 0.3 is 0 Å². The number of carbonyl (C=O) groups excluding carboxylic acids is 1. The van der Waals surface area contributed by atoms with Crippen LogP contribution in [0.3, 0.4) is 0 Å². The van der Waals surface area contributed by atoms with Crippen LogP contribution in [0.1, 0.15) is 11.1 Å². The Labute approximate surface area is 133 Å². The van der Waals surface area contributed by atoms with E-state index in [0.29, 0.717) is 24.7 Å². The van der Waals surface area contributed by atoms with Crippen LogP contribution in [0.2, 0.25) is 0 Å². The number of hydrogen-bond acceptors (Lipinski definition) is 3. The molecule has 4 nitrogen and oxygen atoms in total. The molecule has 2 aromatic carbocycles. The molecule has 1 aliphatic heterocycles. The minimum absolute atomic E-state index is 0.160. The molecule has 0 saturated carbocycles. The molecule has 23 heavy (non-hydrogen) atoms. The van der Waals surface area contributed by atoms with Gasteiger partial charge in [-0.25, -0.2) is 4.39 Å². The first-order valence-electron chi connectivity index (χ1n) is 7.27. The van der Waals surface area contributed by atoms with Crippen LogP contribution in [-0.2, 0) is 4.79 Å². The Morgan fingerprint density at radius 3 is 2.70 bits per heavy atom. The zero-order valence-electron chi connectivity index (χ0n) is 12.6. The number of ether oxygens (including phenoxy) is 2. The lowest BCUT2D eigenvalue weighted by Gasteiger charge is -2.18. The van der Waals surface area contributed by atoms with E-state index in [9.17, 15) is 9.18 Å². The van der Waals surface area contributed by atoms with Crippen LogP contribution in [0.4, 0.5) is 10.1 Å². The fraction of sp³-hybridized carbons (Fsp3) is 0.167. The second-order valence-corrected chi connectivity index (χ2v) is 5.21. The van der Waals surface area contributed by atoms with Gasteiger partial charge in [0.15, 0.2) is 11.5 Å². The van der Waals surface area contributed by atoms with E-state index in [1.165, 1.54) is 12.1 Å². The molecule has 0 saturated heterocycles. The number of halogens is 1. The van der Waals surface area contributed by atoms with Gasteiger partial charge in [-0.15, -0.1) is 0 Å². The summed E-state index contributed by atoms with van der Waals surface area (Å²) in [5, 5.41) is 2.51. The summed E-state index contributed by atoms with van der Waals surface area (Å²) in [5.74, 6) is 0.497. The third-order valence-corrected chi connectivity index (χ3v) is 3.38. The summed E-state index contributed by atoms with van der Waals surface area (Å²) in [4.78, 5) is 11.9. The SMILES string of the molecule is Cc1ccc(NC(=O)C=Cc2ccc3c(c2)OCCO3)c(F)c1. The molecule has 0 fully saturated rings. The van der Waals surface area contributed by atoms with E-state index in [4.69, 9.17) is 9.47 Å². The molecule has 1 N–H and O–H groups in total. The molecule has 3 rings (SSSR count). The molecule has 0 aliphatic carbocycles. The summed E-state index contributed by atoms with van der Waals surface area (Å²) in [5.41, 5.74) is 1.76. The zero-order valence-corrected chi connectivity index (χ0v) is 12.6. The average Bonchev–Trinajstić information content (AvgIpc) is 2.55. The predicted molar refractivity (Wildman–Crippen MR) is 86.2 cm³/mol. The summed E-state index contributed by atoms with van der Waals surface area (Å²) in [6, 6.07) is 10.1. The first-order valence-corrected chi connectivity index (χ1v) is 7.27. The highest BCUT2D eigenvalue weighted by molar-refractivity contribution is 6.02. The minimum atomic E-state index is -0.453. The summed E-state index contributed by atoms with van der Waals surface area (Å²) in [6.45, 7) is 2.83. The van der Waals surface area contributed by atoms with Crippen molar-refractivity contribution in [3.8, 4) is 11.5 Å². The van der Waals surface area contributed by atoms with Crippen molar-refractivity contribution in [3.05, 3.63) is 59.4 Å². The lowest BCUT2D eigenvalue weighted by Crippen LogP contribution is -2.15. The molecular formula is C18H16FNO3. The number of amides is 1. The van der Waals surface area contributed by atoms with Crippen molar-refractivity contribution in [1.29, 1.82) is 0 Å². The van der Waals surface area contributed by atoms with E-state index in [1.807, 2.05) is 6.07 Å². The van der Waals surface area contributed by atoms with Crippen molar-refractivity contribution in [2.75, 3.05) is 18.5 Å². The summed E-state index contributed by atoms with van der Waals surface area (Å²) in [6.07, 6.45) is 2.99. The minimum Gasteiger partial charge on any atom is -0.486 e. The number of hydrogen-bond donors (Lipinski definition) is 1. The number of anilines is 1. The zero-order chi connectivity index (χ0) is 16.2. The average molecular weight is 313 g/mol. The van der Waals surface area contributed by atoms with Crippen LogP contribution in [-0.4, -0.2) is 19.1 Å². The van der Waals surface area contributed by atoms with Gasteiger partial charge in [0, 0.05) is 6.08 Å². The van der Waals surface area contributed by atoms with Gasteiger partial charge in [-0.05, 0) is 48.4 Å². The number of carbonyl (C=O) groups is 1. The highest BCUT2D eigenvalue weighted by Crippen LogP contribution is 2.31. The molecule has 1 amide bonds. The Morgan fingerprint density at radius 2 is 1.91 bits per heavy atom. The van der Waals surface area contributed by atoms with Gasteiger partial charge in [-0.1, -0.05) is 12.1 Å². The van der Waals surface area contributed by atoms with Crippen LogP contribution in [0.25, 0.3) is 6.08 Å². The van der Waals surface area contributed by atoms with E-state index in [-0.39, 0.29) is 5.69 Å². The highest BCUT2D eigenvalue weighted by atomic mass is 19.1. The first kappa shape index (κ1) is 15.1. The quantitative estimate of drug-likeness (QED) is 0.882. The van der Waals surface area contributed by atoms with Gasteiger partial charge < -0.3 is 14.8 Å². The smallest absolute Gasteiger partial charge is 0.248 e. The normalized spacial score (nSPS) is 13.1. The second-order valence-electron chi connectivity index (χ2n) is 5.21. The van der Waals surface area contributed by atoms with Crippen LogP contribution in [0, 0.1) is 12.7 Å². The molecule has 0 spiro atoms. The maximum atomic E-state index is 13.7. The number of aryl methyl sites for hydroxylation is 1. The lowest BCUT2D eigenvalue weighted by molar-refractivity contribution is -0.111. The van der Waals surface area contributed by atoms with E-state index < -0.39 is 11.7 Å². The van der Waals surface area contributed by atoms with Crippen LogP contribution < -0.4 is 14.8 Å². The van der Waals surface area contributed by atoms with Crippen molar-refractivity contribution in [2.24, 2.45) is 0 Å². The molecule has 1 aliphatic rings. The molecule has 0 unspecified atom stereocenters. The molecule has 118 valence electrons. The topological polar surface area (TPSA) is 47.6 Å². The predicted octanol–water partition coefficient (Wildman–Crippen LogP) is 3.56. The second kappa shape index (κ2) is 6.52. The van der Waals surface area contributed by atoms with Crippen molar-refractivity contribution in [1.82, 2.24) is 0 Å². The molecule has 0 bridgehead atoms.